The zero-order valence-electron chi connectivity index (χ0n) is 12.9. The molecule has 2 N–H and O–H groups in total. The van der Waals surface area contributed by atoms with Gasteiger partial charge in [0, 0.05) is 6.04 Å². The first kappa shape index (κ1) is 14.3. The van der Waals surface area contributed by atoms with E-state index >= 15 is 0 Å². The van der Waals surface area contributed by atoms with Crippen LogP contribution in [0.25, 0.3) is 0 Å². The molecule has 1 heteroatoms. The molecule has 1 aliphatic carbocycles. The lowest BCUT2D eigenvalue weighted by Gasteiger charge is -2.19. The van der Waals surface area contributed by atoms with Gasteiger partial charge in [-0.05, 0) is 67.7 Å². The van der Waals surface area contributed by atoms with Gasteiger partial charge in [-0.15, -0.1) is 0 Å². The van der Waals surface area contributed by atoms with E-state index in [2.05, 4.69) is 49.4 Å². The zero-order chi connectivity index (χ0) is 14.7. The van der Waals surface area contributed by atoms with Gasteiger partial charge in [0.2, 0.25) is 0 Å². The summed E-state index contributed by atoms with van der Waals surface area (Å²) in [6, 6.07) is 15.8. The van der Waals surface area contributed by atoms with Crippen LogP contribution in [0, 0.1) is 6.92 Å². The zero-order valence-corrected chi connectivity index (χ0v) is 12.9. The van der Waals surface area contributed by atoms with Gasteiger partial charge < -0.3 is 5.73 Å². The first-order valence-corrected chi connectivity index (χ1v) is 8.15. The summed E-state index contributed by atoms with van der Waals surface area (Å²) in [6.45, 7) is 2.13. The maximum absolute atomic E-state index is 6.41. The molecular weight excluding hydrogens is 254 g/mol. The largest absolute Gasteiger partial charge is 0.324 e. The average Bonchev–Trinajstić information content (AvgIpc) is 2.53. The van der Waals surface area contributed by atoms with Gasteiger partial charge in [0.25, 0.3) is 0 Å². The normalized spacial score (nSPS) is 15.5. The van der Waals surface area contributed by atoms with Crippen LogP contribution in [-0.2, 0) is 19.3 Å². The van der Waals surface area contributed by atoms with Crippen LogP contribution in [0.2, 0.25) is 0 Å². The Morgan fingerprint density at radius 3 is 2.43 bits per heavy atom. The van der Waals surface area contributed by atoms with Crippen molar-refractivity contribution in [3.8, 4) is 0 Å². The standard InChI is InChI=1S/C20H25N/c1-15-6-8-16(9-7-15)10-13-20(21)19-12-11-17-4-2-3-5-18(17)14-19/h6-9,11-12,14,20H,2-5,10,13,21H2,1H3. The highest BCUT2D eigenvalue weighted by atomic mass is 14.6. The third kappa shape index (κ3) is 3.54. The molecule has 2 aromatic rings. The molecule has 0 aromatic heterocycles. The molecule has 0 spiro atoms. The second-order valence-electron chi connectivity index (χ2n) is 6.37. The number of benzene rings is 2. The molecule has 0 fully saturated rings. The molecule has 2 aromatic carbocycles. The van der Waals surface area contributed by atoms with Crippen molar-refractivity contribution in [2.24, 2.45) is 5.73 Å². The van der Waals surface area contributed by atoms with Crippen LogP contribution >= 0.6 is 0 Å². The van der Waals surface area contributed by atoms with Crippen LogP contribution in [0.1, 0.15) is 53.1 Å². The third-order valence-corrected chi connectivity index (χ3v) is 4.67. The van der Waals surface area contributed by atoms with Gasteiger partial charge >= 0.3 is 0 Å². The Bertz CT molecular complexity index is 598. The van der Waals surface area contributed by atoms with Crippen molar-refractivity contribution in [3.63, 3.8) is 0 Å². The summed E-state index contributed by atoms with van der Waals surface area (Å²) in [5.74, 6) is 0. The van der Waals surface area contributed by atoms with Crippen molar-refractivity contribution >= 4 is 0 Å². The second kappa shape index (κ2) is 6.44. The van der Waals surface area contributed by atoms with Crippen LogP contribution in [0.4, 0.5) is 0 Å². The average molecular weight is 279 g/mol. The van der Waals surface area contributed by atoms with Crippen LogP contribution < -0.4 is 5.73 Å². The predicted molar refractivity (Wildman–Crippen MR) is 89.5 cm³/mol. The maximum Gasteiger partial charge on any atom is 0.0298 e. The minimum absolute atomic E-state index is 0.151. The minimum atomic E-state index is 0.151. The van der Waals surface area contributed by atoms with Gasteiger partial charge in [-0.3, -0.25) is 0 Å². The lowest BCUT2D eigenvalue weighted by atomic mass is 9.88. The first-order chi connectivity index (χ1) is 10.2. The van der Waals surface area contributed by atoms with Gasteiger partial charge in [0.15, 0.2) is 0 Å². The third-order valence-electron chi connectivity index (χ3n) is 4.67. The summed E-state index contributed by atoms with van der Waals surface area (Å²) in [6.07, 6.45) is 7.21. The van der Waals surface area contributed by atoms with E-state index in [-0.39, 0.29) is 6.04 Å². The van der Waals surface area contributed by atoms with Crippen molar-refractivity contribution in [2.75, 3.05) is 0 Å². The first-order valence-electron chi connectivity index (χ1n) is 8.15. The molecule has 21 heavy (non-hydrogen) atoms. The van der Waals surface area contributed by atoms with Crippen LogP contribution in [0.3, 0.4) is 0 Å². The lowest BCUT2D eigenvalue weighted by Crippen LogP contribution is -2.13. The summed E-state index contributed by atoms with van der Waals surface area (Å²) < 4.78 is 0. The minimum Gasteiger partial charge on any atom is -0.324 e. The fraction of sp³-hybridized carbons (Fsp3) is 0.400. The fourth-order valence-electron chi connectivity index (χ4n) is 3.23. The number of hydrogen-bond acceptors (Lipinski definition) is 1. The Balaban J connectivity index is 1.65. The van der Waals surface area contributed by atoms with Gasteiger partial charge in [-0.25, -0.2) is 0 Å². The summed E-state index contributed by atoms with van der Waals surface area (Å²) >= 11 is 0. The van der Waals surface area contributed by atoms with E-state index in [1.165, 1.54) is 53.5 Å². The Kier molecular flexibility index (Phi) is 4.40. The molecule has 0 aliphatic heterocycles. The van der Waals surface area contributed by atoms with Gasteiger partial charge in [0.05, 0.1) is 0 Å². The number of aryl methyl sites for hydroxylation is 4. The highest BCUT2D eigenvalue weighted by Crippen LogP contribution is 2.25. The second-order valence-corrected chi connectivity index (χ2v) is 6.37. The summed E-state index contributed by atoms with van der Waals surface area (Å²) in [5.41, 5.74) is 13.5. The van der Waals surface area contributed by atoms with E-state index < -0.39 is 0 Å². The monoisotopic (exact) mass is 279 g/mol. The smallest absolute Gasteiger partial charge is 0.0298 e. The molecule has 110 valence electrons. The lowest BCUT2D eigenvalue weighted by molar-refractivity contribution is 0.642. The fourth-order valence-corrected chi connectivity index (χ4v) is 3.23. The number of rotatable bonds is 4. The van der Waals surface area contributed by atoms with Gasteiger partial charge in [-0.1, -0.05) is 48.0 Å². The predicted octanol–water partition coefficient (Wildman–Crippen LogP) is 4.51. The van der Waals surface area contributed by atoms with E-state index in [0.29, 0.717) is 0 Å². The Morgan fingerprint density at radius 2 is 1.67 bits per heavy atom. The van der Waals surface area contributed by atoms with Crippen molar-refractivity contribution in [1.82, 2.24) is 0 Å². The summed E-state index contributed by atoms with van der Waals surface area (Å²) in [5, 5.41) is 0. The summed E-state index contributed by atoms with van der Waals surface area (Å²) in [4.78, 5) is 0. The summed E-state index contributed by atoms with van der Waals surface area (Å²) in [7, 11) is 0. The molecule has 0 bridgehead atoms. The topological polar surface area (TPSA) is 26.0 Å². The molecule has 0 saturated carbocycles. The molecule has 0 radical (unpaired) electrons. The molecular formula is C20H25N. The van der Waals surface area contributed by atoms with Crippen molar-refractivity contribution in [1.29, 1.82) is 0 Å². The number of hydrogen-bond donors (Lipinski definition) is 1. The molecule has 0 heterocycles. The van der Waals surface area contributed by atoms with Crippen molar-refractivity contribution in [3.05, 3.63) is 70.3 Å². The van der Waals surface area contributed by atoms with E-state index in [4.69, 9.17) is 5.73 Å². The molecule has 0 saturated heterocycles. The number of fused-ring (bicyclic) bond motifs is 1. The van der Waals surface area contributed by atoms with Crippen molar-refractivity contribution in [2.45, 2.75) is 51.5 Å². The van der Waals surface area contributed by atoms with E-state index in [0.717, 1.165) is 12.8 Å². The molecule has 3 rings (SSSR count). The van der Waals surface area contributed by atoms with Crippen LogP contribution in [0.5, 0.6) is 0 Å². The van der Waals surface area contributed by atoms with Gasteiger partial charge in [0.1, 0.15) is 0 Å². The van der Waals surface area contributed by atoms with E-state index in [1.54, 1.807) is 0 Å². The van der Waals surface area contributed by atoms with E-state index in [9.17, 15) is 0 Å². The van der Waals surface area contributed by atoms with Crippen molar-refractivity contribution < 1.29 is 0 Å². The maximum atomic E-state index is 6.41. The quantitative estimate of drug-likeness (QED) is 0.875. The van der Waals surface area contributed by atoms with E-state index in [1.807, 2.05) is 0 Å². The van der Waals surface area contributed by atoms with Gasteiger partial charge in [-0.2, -0.15) is 0 Å². The van der Waals surface area contributed by atoms with Crippen LogP contribution in [0.15, 0.2) is 42.5 Å². The molecule has 1 nitrogen and oxygen atoms in total. The highest BCUT2D eigenvalue weighted by molar-refractivity contribution is 5.35. The van der Waals surface area contributed by atoms with Crippen LogP contribution in [-0.4, -0.2) is 0 Å². The Hall–Kier alpha value is -1.60. The highest BCUT2D eigenvalue weighted by Gasteiger charge is 2.12. The Labute approximate surface area is 128 Å². The Morgan fingerprint density at radius 1 is 0.952 bits per heavy atom. The molecule has 1 atom stereocenters. The SMILES string of the molecule is Cc1ccc(CCC(N)c2ccc3c(c2)CCCC3)cc1. The number of nitrogens with two attached hydrogens (primary N) is 1. The molecule has 0 amide bonds. The molecule has 1 unspecified atom stereocenters. The molecule has 1 aliphatic rings.